The van der Waals surface area contributed by atoms with Crippen LogP contribution < -0.4 is 9.80 Å². The average molecular weight is 368 g/mol. The van der Waals surface area contributed by atoms with E-state index >= 15 is 0 Å². The van der Waals surface area contributed by atoms with Gasteiger partial charge in [-0.2, -0.15) is 0 Å². The van der Waals surface area contributed by atoms with E-state index in [-0.39, 0.29) is 11.7 Å². The minimum Gasteiger partial charge on any atom is -0.508 e. The molecule has 7 heteroatoms. The molecule has 2 fully saturated rings. The lowest BCUT2D eigenvalue weighted by atomic mass is 10.2. The first kappa shape index (κ1) is 17.6. The zero-order valence-corrected chi connectivity index (χ0v) is 15.3. The molecule has 4 rings (SSSR count). The first-order chi connectivity index (χ1) is 13.2. The van der Waals surface area contributed by atoms with Crippen LogP contribution in [-0.4, -0.2) is 73.4 Å². The molecular weight excluding hydrogens is 344 g/mol. The molecule has 2 saturated heterocycles. The van der Waals surface area contributed by atoms with Crippen LogP contribution in [-0.2, 0) is 4.74 Å². The van der Waals surface area contributed by atoms with Gasteiger partial charge in [-0.1, -0.05) is 0 Å². The van der Waals surface area contributed by atoms with E-state index in [0.717, 1.165) is 37.7 Å². The molecule has 3 heterocycles. The third kappa shape index (κ3) is 3.98. The van der Waals surface area contributed by atoms with E-state index in [0.29, 0.717) is 31.9 Å². The maximum atomic E-state index is 12.9. The predicted molar refractivity (Wildman–Crippen MR) is 103 cm³/mol. The Hall–Kier alpha value is -2.80. The molecule has 1 aromatic carbocycles. The number of piperazine rings is 1. The van der Waals surface area contributed by atoms with Crippen molar-refractivity contribution in [3.05, 3.63) is 48.2 Å². The van der Waals surface area contributed by atoms with Crippen LogP contribution in [0.2, 0.25) is 0 Å². The van der Waals surface area contributed by atoms with Crippen molar-refractivity contribution in [1.29, 1.82) is 0 Å². The average Bonchev–Trinajstić information content (AvgIpc) is 2.75. The molecule has 0 bridgehead atoms. The maximum absolute atomic E-state index is 12.9. The number of aromatic nitrogens is 1. The first-order valence-electron chi connectivity index (χ1n) is 9.33. The number of pyridine rings is 1. The summed E-state index contributed by atoms with van der Waals surface area (Å²) in [6, 6.07) is 10.9. The molecule has 2 aliphatic rings. The van der Waals surface area contributed by atoms with Crippen LogP contribution in [0.1, 0.15) is 10.4 Å². The number of phenolic OH excluding ortho intramolecular Hbond substituents is 1. The predicted octanol–water partition coefficient (Wildman–Crippen LogP) is 1.59. The van der Waals surface area contributed by atoms with E-state index in [9.17, 15) is 9.90 Å². The summed E-state index contributed by atoms with van der Waals surface area (Å²) in [4.78, 5) is 23.6. The van der Waals surface area contributed by atoms with E-state index in [1.807, 2.05) is 23.1 Å². The Kier molecular flexibility index (Phi) is 5.11. The van der Waals surface area contributed by atoms with Crippen molar-refractivity contribution in [2.75, 3.05) is 62.3 Å². The van der Waals surface area contributed by atoms with Gasteiger partial charge in [0.25, 0.3) is 5.91 Å². The number of amides is 1. The highest BCUT2D eigenvalue weighted by Crippen LogP contribution is 2.21. The van der Waals surface area contributed by atoms with E-state index < -0.39 is 0 Å². The highest BCUT2D eigenvalue weighted by Gasteiger charge is 2.23. The molecule has 0 spiro atoms. The van der Waals surface area contributed by atoms with E-state index in [1.165, 1.54) is 0 Å². The number of hydrogen-bond donors (Lipinski definition) is 1. The van der Waals surface area contributed by atoms with Crippen molar-refractivity contribution >= 4 is 17.4 Å². The lowest BCUT2D eigenvalue weighted by Gasteiger charge is -2.36. The zero-order chi connectivity index (χ0) is 18.6. The standard InChI is InChI=1S/C20H24N4O3/c25-18-3-1-17(2-4-18)22-7-9-24(10-8-22)20(26)16-5-6-21-19(15-16)23-11-13-27-14-12-23/h1-6,15,25H,7-14H2. The van der Waals surface area contributed by atoms with Crippen LogP contribution in [0.4, 0.5) is 11.5 Å². The summed E-state index contributed by atoms with van der Waals surface area (Å²) in [6.45, 7) is 5.89. The maximum Gasteiger partial charge on any atom is 0.254 e. The van der Waals surface area contributed by atoms with Crippen molar-refractivity contribution in [3.8, 4) is 5.75 Å². The Morgan fingerprint density at radius 1 is 0.926 bits per heavy atom. The second-order valence-corrected chi connectivity index (χ2v) is 6.80. The van der Waals surface area contributed by atoms with Crippen LogP contribution in [0.15, 0.2) is 42.6 Å². The van der Waals surface area contributed by atoms with E-state index in [4.69, 9.17) is 4.74 Å². The Balaban J connectivity index is 1.39. The van der Waals surface area contributed by atoms with Crippen LogP contribution in [0.25, 0.3) is 0 Å². The molecule has 1 aromatic heterocycles. The summed E-state index contributed by atoms with van der Waals surface area (Å²) in [5, 5.41) is 9.43. The van der Waals surface area contributed by atoms with Crippen LogP contribution in [0.5, 0.6) is 5.75 Å². The summed E-state index contributed by atoms with van der Waals surface area (Å²) in [7, 11) is 0. The summed E-state index contributed by atoms with van der Waals surface area (Å²) < 4.78 is 5.38. The van der Waals surface area contributed by atoms with Crippen molar-refractivity contribution in [1.82, 2.24) is 9.88 Å². The molecule has 2 aliphatic heterocycles. The van der Waals surface area contributed by atoms with E-state index in [1.54, 1.807) is 24.4 Å². The van der Waals surface area contributed by atoms with Gasteiger partial charge in [0.15, 0.2) is 0 Å². The molecule has 0 unspecified atom stereocenters. The number of anilines is 2. The minimum atomic E-state index is 0.0530. The van der Waals surface area contributed by atoms with Gasteiger partial charge in [-0.3, -0.25) is 4.79 Å². The smallest absolute Gasteiger partial charge is 0.254 e. The number of aromatic hydroxyl groups is 1. The number of ether oxygens (including phenoxy) is 1. The lowest BCUT2D eigenvalue weighted by molar-refractivity contribution is 0.0746. The van der Waals surface area contributed by atoms with Crippen LogP contribution in [0, 0.1) is 0 Å². The third-order valence-corrected chi connectivity index (χ3v) is 5.11. The van der Waals surface area contributed by atoms with Gasteiger partial charge in [0, 0.05) is 56.7 Å². The van der Waals surface area contributed by atoms with Crippen molar-refractivity contribution in [2.24, 2.45) is 0 Å². The summed E-state index contributed by atoms with van der Waals surface area (Å²) in [5.74, 6) is 1.16. The molecule has 142 valence electrons. The molecular formula is C20H24N4O3. The fraction of sp³-hybridized carbons (Fsp3) is 0.400. The Labute approximate surface area is 158 Å². The molecule has 27 heavy (non-hydrogen) atoms. The Morgan fingerprint density at radius 2 is 1.63 bits per heavy atom. The molecule has 1 amide bonds. The van der Waals surface area contributed by atoms with Gasteiger partial charge >= 0.3 is 0 Å². The van der Waals surface area contributed by atoms with Gasteiger partial charge in [-0.15, -0.1) is 0 Å². The largest absolute Gasteiger partial charge is 0.508 e. The number of benzene rings is 1. The van der Waals surface area contributed by atoms with Gasteiger partial charge < -0.3 is 24.5 Å². The Morgan fingerprint density at radius 3 is 2.33 bits per heavy atom. The van der Waals surface area contributed by atoms with Crippen molar-refractivity contribution in [2.45, 2.75) is 0 Å². The van der Waals surface area contributed by atoms with Gasteiger partial charge in [0.2, 0.25) is 0 Å². The lowest BCUT2D eigenvalue weighted by Crippen LogP contribution is -2.48. The summed E-state index contributed by atoms with van der Waals surface area (Å²) in [5.41, 5.74) is 1.75. The number of carbonyl (C=O) groups excluding carboxylic acids is 1. The Bertz CT molecular complexity index is 782. The van der Waals surface area contributed by atoms with Gasteiger partial charge in [0.1, 0.15) is 11.6 Å². The summed E-state index contributed by atoms with van der Waals surface area (Å²) in [6.07, 6.45) is 1.71. The third-order valence-electron chi connectivity index (χ3n) is 5.11. The zero-order valence-electron chi connectivity index (χ0n) is 15.3. The van der Waals surface area contributed by atoms with Crippen LogP contribution in [0.3, 0.4) is 0 Å². The molecule has 7 nitrogen and oxygen atoms in total. The highest BCUT2D eigenvalue weighted by atomic mass is 16.5. The van der Waals surface area contributed by atoms with E-state index in [2.05, 4.69) is 14.8 Å². The number of morpholine rings is 1. The first-order valence-corrected chi connectivity index (χ1v) is 9.33. The number of carbonyl (C=O) groups is 1. The molecule has 1 N–H and O–H groups in total. The normalized spacial score (nSPS) is 17.9. The van der Waals surface area contributed by atoms with Gasteiger partial charge in [0.05, 0.1) is 13.2 Å². The highest BCUT2D eigenvalue weighted by molar-refractivity contribution is 5.95. The fourth-order valence-electron chi connectivity index (χ4n) is 3.53. The quantitative estimate of drug-likeness (QED) is 0.887. The molecule has 0 atom stereocenters. The molecule has 2 aromatic rings. The van der Waals surface area contributed by atoms with Crippen LogP contribution >= 0.6 is 0 Å². The SMILES string of the molecule is O=C(c1ccnc(N2CCOCC2)c1)N1CCN(c2ccc(O)cc2)CC1. The number of rotatable bonds is 3. The topological polar surface area (TPSA) is 69.1 Å². The van der Waals surface area contributed by atoms with Crippen molar-refractivity contribution in [3.63, 3.8) is 0 Å². The molecule has 0 saturated carbocycles. The monoisotopic (exact) mass is 368 g/mol. The number of phenols is 1. The second kappa shape index (κ2) is 7.84. The number of hydrogen-bond acceptors (Lipinski definition) is 6. The molecule has 0 radical (unpaired) electrons. The second-order valence-electron chi connectivity index (χ2n) is 6.80. The minimum absolute atomic E-state index is 0.0530. The number of nitrogens with zero attached hydrogens (tertiary/aromatic N) is 4. The molecule has 0 aliphatic carbocycles. The fourth-order valence-corrected chi connectivity index (χ4v) is 3.53. The summed E-state index contributed by atoms with van der Waals surface area (Å²) >= 11 is 0. The van der Waals surface area contributed by atoms with Crippen molar-refractivity contribution < 1.29 is 14.6 Å². The van der Waals surface area contributed by atoms with Gasteiger partial charge in [-0.05, 0) is 36.4 Å². The van der Waals surface area contributed by atoms with Gasteiger partial charge in [-0.25, -0.2) is 4.98 Å².